The summed E-state index contributed by atoms with van der Waals surface area (Å²) >= 11 is 0. The lowest BCUT2D eigenvalue weighted by molar-refractivity contribution is 0.189. The molecule has 1 aliphatic rings. The zero-order valence-electron chi connectivity index (χ0n) is 11.0. The molecule has 0 aromatic carbocycles. The van der Waals surface area contributed by atoms with E-state index in [2.05, 4.69) is 21.0 Å². The highest BCUT2D eigenvalue weighted by Crippen LogP contribution is 2.19. The summed E-state index contributed by atoms with van der Waals surface area (Å²) in [6, 6.07) is 6.06. The molecule has 0 unspecified atom stereocenters. The molecule has 3 rings (SSSR count). The third kappa shape index (κ3) is 2.67. The van der Waals surface area contributed by atoms with Gasteiger partial charge in [0, 0.05) is 32.0 Å². The van der Waals surface area contributed by atoms with Gasteiger partial charge < -0.3 is 5.11 Å². The second-order valence-electron chi connectivity index (χ2n) is 5.03. The van der Waals surface area contributed by atoms with E-state index in [1.165, 1.54) is 11.3 Å². The second kappa shape index (κ2) is 5.11. The Kier molecular flexibility index (Phi) is 3.31. The van der Waals surface area contributed by atoms with Crippen molar-refractivity contribution in [2.45, 2.75) is 32.7 Å². The molecular weight excluding hydrogens is 240 g/mol. The van der Waals surface area contributed by atoms with Crippen molar-refractivity contribution in [1.82, 2.24) is 19.7 Å². The first-order valence-corrected chi connectivity index (χ1v) is 6.58. The van der Waals surface area contributed by atoms with Crippen molar-refractivity contribution in [1.29, 1.82) is 0 Å². The first-order valence-electron chi connectivity index (χ1n) is 6.58. The summed E-state index contributed by atoms with van der Waals surface area (Å²) in [5.74, 6) is 0. The minimum atomic E-state index is -0.495. The Morgan fingerprint density at radius 3 is 3.05 bits per heavy atom. The molecule has 2 aromatic rings. The number of rotatable bonds is 3. The van der Waals surface area contributed by atoms with Gasteiger partial charge in [-0.05, 0) is 24.6 Å². The van der Waals surface area contributed by atoms with Crippen molar-refractivity contribution in [3.8, 4) is 0 Å². The molecule has 3 heterocycles. The van der Waals surface area contributed by atoms with E-state index in [0.717, 1.165) is 31.9 Å². The topological polar surface area (TPSA) is 54.2 Å². The number of fused-ring (bicyclic) bond motifs is 1. The monoisotopic (exact) mass is 258 g/mol. The summed E-state index contributed by atoms with van der Waals surface area (Å²) in [7, 11) is 0. The van der Waals surface area contributed by atoms with Crippen molar-refractivity contribution >= 4 is 0 Å². The van der Waals surface area contributed by atoms with Crippen molar-refractivity contribution in [2.24, 2.45) is 0 Å². The Bertz CT molecular complexity index is 550. The summed E-state index contributed by atoms with van der Waals surface area (Å²) in [4.78, 5) is 6.52. The highest BCUT2D eigenvalue weighted by molar-refractivity contribution is 5.14. The fourth-order valence-electron chi connectivity index (χ4n) is 2.43. The van der Waals surface area contributed by atoms with Gasteiger partial charge in [-0.3, -0.25) is 14.6 Å². The molecule has 1 aliphatic heterocycles. The third-order valence-electron chi connectivity index (χ3n) is 3.45. The van der Waals surface area contributed by atoms with E-state index in [4.69, 9.17) is 0 Å². The van der Waals surface area contributed by atoms with E-state index in [-0.39, 0.29) is 0 Å². The highest BCUT2D eigenvalue weighted by atomic mass is 16.3. The number of hydrogen-bond acceptors (Lipinski definition) is 4. The van der Waals surface area contributed by atoms with Gasteiger partial charge in [0.1, 0.15) is 0 Å². The minimum absolute atomic E-state index is 0.495. The quantitative estimate of drug-likeness (QED) is 0.903. The summed E-state index contributed by atoms with van der Waals surface area (Å²) < 4.78 is 2.00. The molecule has 0 saturated carbocycles. The molecule has 0 amide bonds. The number of aromatic nitrogens is 3. The number of hydrogen-bond donors (Lipinski definition) is 1. The number of nitrogens with zero attached hydrogens (tertiary/aromatic N) is 4. The van der Waals surface area contributed by atoms with Crippen molar-refractivity contribution in [2.75, 3.05) is 6.54 Å². The van der Waals surface area contributed by atoms with Crippen molar-refractivity contribution in [3.05, 3.63) is 47.5 Å². The maximum atomic E-state index is 9.58. The van der Waals surface area contributed by atoms with E-state index in [9.17, 15) is 5.11 Å². The third-order valence-corrected chi connectivity index (χ3v) is 3.45. The van der Waals surface area contributed by atoms with Gasteiger partial charge >= 0.3 is 0 Å². The second-order valence-corrected chi connectivity index (χ2v) is 5.03. The van der Waals surface area contributed by atoms with Crippen LogP contribution < -0.4 is 0 Å². The standard InChI is InChI=1S/C14H18N4O/c1-11(19)14-7-13-10-17(5-6-18(13)16-14)9-12-3-2-4-15-8-12/h2-4,7-8,11,19H,5-6,9-10H2,1H3/t11-/m0/s1. The lowest BCUT2D eigenvalue weighted by Gasteiger charge is -2.27. The van der Waals surface area contributed by atoms with Crippen LogP contribution in [-0.2, 0) is 19.6 Å². The average Bonchev–Trinajstić information content (AvgIpc) is 2.83. The Balaban J connectivity index is 1.71. The van der Waals surface area contributed by atoms with Crippen LogP contribution in [0.4, 0.5) is 0 Å². The van der Waals surface area contributed by atoms with Crippen LogP contribution in [0.15, 0.2) is 30.6 Å². The van der Waals surface area contributed by atoms with Crippen molar-refractivity contribution < 1.29 is 5.11 Å². The van der Waals surface area contributed by atoms with Gasteiger partial charge in [-0.25, -0.2) is 0 Å². The Morgan fingerprint density at radius 2 is 2.32 bits per heavy atom. The molecule has 0 aliphatic carbocycles. The van der Waals surface area contributed by atoms with E-state index in [1.807, 2.05) is 23.0 Å². The summed E-state index contributed by atoms with van der Waals surface area (Å²) in [6.07, 6.45) is 3.21. The van der Waals surface area contributed by atoms with Gasteiger partial charge in [0.05, 0.1) is 24.0 Å². The van der Waals surface area contributed by atoms with Crippen LogP contribution in [0.25, 0.3) is 0 Å². The predicted molar refractivity (Wildman–Crippen MR) is 71.2 cm³/mol. The minimum Gasteiger partial charge on any atom is -0.387 e. The first-order chi connectivity index (χ1) is 9.22. The summed E-state index contributed by atoms with van der Waals surface area (Å²) in [6.45, 7) is 5.38. The van der Waals surface area contributed by atoms with Gasteiger partial charge in [0.2, 0.25) is 0 Å². The normalized spacial score (nSPS) is 17.2. The highest BCUT2D eigenvalue weighted by Gasteiger charge is 2.19. The fourth-order valence-corrected chi connectivity index (χ4v) is 2.43. The molecule has 0 radical (unpaired) electrons. The van der Waals surface area contributed by atoms with Crippen LogP contribution in [0, 0.1) is 0 Å². The smallest absolute Gasteiger partial charge is 0.0950 e. The van der Waals surface area contributed by atoms with E-state index < -0.39 is 6.10 Å². The lowest BCUT2D eigenvalue weighted by Crippen LogP contribution is -2.33. The summed E-state index contributed by atoms with van der Waals surface area (Å²) in [5, 5.41) is 14.0. The SMILES string of the molecule is C[C@H](O)c1cc2n(n1)CCN(Cc1cccnc1)C2. The number of pyridine rings is 1. The maximum Gasteiger partial charge on any atom is 0.0950 e. The molecule has 1 atom stereocenters. The molecule has 0 spiro atoms. The van der Waals surface area contributed by atoms with Gasteiger partial charge in [-0.2, -0.15) is 5.10 Å². The molecule has 19 heavy (non-hydrogen) atoms. The molecule has 5 heteroatoms. The molecule has 0 fully saturated rings. The Hall–Kier alpha value is -1.72. The fraction of sp³-hybridized carbons (Fsp3) is 0.429. The Morgan fingerprint density at radius 1 is 1.42 bits per heavy atom. The van der Waals surface area contributed by atoms with Gasteiger partial charge in [-0.15, -0.1) is 0 Å². The Labute approximate surface area is 112 Å². The predicted octanol–water partition coefficient (Wildman–Crippen LogP) is 1.35. The average molecular weight is 258 g/mol. The van der Waals surface area contributed by atoms with Crippen LogP contribution in [0.1, 0.15) is 30.0 Å². The molecule has 0 bridgehead atoms. The molecule has 2 aromatic heterocycles. The first kappa shape index (κ1) is 12.3. The van der Waals surface area contributed by atoms with Crippen LogP contribution in [-0.4, -0.2) is 31.3 Å². The number of aliphatic hydroxyl groups is 1. The van der Waals surface area contributed by atoms with Crippen LogP contribution in [0.5, 0.6) is 0 Å². The van der Waals surface area contributed by atoms with Crippen LogP contribution >= 0.6 is 0 Å². The largest absolute Gasteiger partial charge is 0.387 e. The lowest BCUT2D eigenvalue weighted by atomic mass is 10.2. The van der Waals surface area contributed by atoms with Gasteiger partial charge in [-0.1, -0.05) is 6.07 Å². The van der Waals surface area contributed by atoms with E-state index >= 15 is 0 Å². The van der Waals surface area contributed by atoms with Crippen LogP contribution in [0.3, 0.4) is 0 Å². The zero-order valence-corrected chi connectivity index (χ0v) is 11.0. The van der Waals surface area contributed by atoms with Crippen molar-refractivity contribution in [3.63, 3.8) is 0 Å². The molecule has 100 valence electrons. The molecular formula is C14H18N4O. The molecule has 1 N–H and O–H groups in total. The number of aliphatic hydroxyl groups excluding tert-OH is 1. The maximum absolute atomic E-state index is 9.58. The van der Waals surface area contributed by atoms with E-state index in [1.54, 1.807) is 13.1 Å². The van der Waals surface area contributed by atoms with Crippen LogP contribution in [0.2, 0.25) is 0 Å². The molecule has 5 nitrogen and oxygen atoms in total. The van der Waals surface area contributed by atoms with Gasteiger partial charge in [0.15, 0.2) is 0 Å². The molecule has 0 saturated heterocycles. The van der Waals surface area contributed by atoms with E-state index in [0.29, 0.717) is 0 Å². The summed E-state index contributed by atoms with van der Waals surface area (Å²) in [5.41, 5.74) is 3.16. The zero-order chi connectivity index (χ0) is 13.2. The van der Waals surface area contributed by atoms with Gasteiger partial charge in [0.25, 0.3) is 0 Å².